The monoisotopic (exact) mass is 279 g/mol. The highest BCUT2D eigenvalue weighted by Gasteiger charge is 2.01. The van der Waals surface area contributed by atoms with E-state index in [1.165, 1.54) is 12.1 Å². The van der Waals surface area contributed by atoms with Crippen LogP contribution in [-0.2, 0) is 0 Å². The first-order valence-electron chi connectivity index (χ1n) is 6.03. The number of nitrogens with one attached hydrogen (secondary N) is 1. The summed E-state index contributed by atoms with van der Waals surface area (Å²) >= 11 is 6.05. The van der Waals surface area contributed by atoms with Gasteiger partial charge in [-0.05, 0) is 42.8 Å². The van der Waals surface area contributed by atoms with E-state index < -0.39 is 0 Å². The first-order chi connectivity index (χ1) is 9.15. The van der Waals surface area contributed by atoms with E-state index in [9.17, 15) is 4.39 Å². The third-order valence-electron chi connectivity index (χ3n) is 2.60. The second-order valence-electron chi connectivity index (χ2n) is 4.22. The number of rotatable bonds is 5. The Balaban J connectivity index is 1.81. The van der Waals surface area contributed by atoms with E-state index in [0.29, 0.717) is 23.9 Å². The Morgan fingerprint density at radius 3 is 2.79 bits per heavy atom. The Morgan fingerprint density at radius 2 is 2.05 bits per heavy atom. The molecular weight excluding hydrogens is 265 g/mol. The van der Waals surface area contributed by atoms with Crippen molar-refractivity contribution in [3.05, 3.63) is 58.9 Å². The lowest BCUT2D eigenvalue weighted by atomic mass is 10.2. The molecule has 0 aliphatic rings. The van der Waals surface area contributed by atoms with Crippen LogP contribution >= 0.6 is 11.6 Å². The topological polar surface area (TPSA) is 21.3 Å². The lowest BCUT2D eigenvalue weighted by Gasteiger charge is -2.10. The maximum Gasteiger partial charge on any atom is 0.137 e. The van der Waals surface area contributed by atoms with E-state index in [1.54, 1.807) is 6.07 Å². The van der Waals surface area contributed by atoms with Gasteiger partial charge in [-0.2, -0.15) is 0 Å². The quantitative estimate of drug-likeness (QED) is 0.825. The zero-order chi connectivity index (χ0) is 13.7. The summed E-state index contributed by atoms with van der Waals surface area (Å²) < 4.78 is 18.5. The number of benzene rings is 2. The molecule has 0 spiro atoms. The van der Waals surface area contributed by atoms with Gasteiger partial charge in [0.2, 0.25) is 0 Å². The van der Waals surface area contributed by atoms with Crippen LogP contribution in [0.4, 0.5) is 10.1 Å². The van der Waals surface area contributed by atoms with Crippen molar-refractivity contribution < 1.29 is 9.13 Å². The van der Waals surface area contributed by atoms with Gasteiger partial charge in [0.15, 0.2) is 0 Å². The molecule has 0 aromatic heterocycles. The van der Waals surface area contributed by atoms with Gasteiger partial charge in [0.25, 0.3) is 0 Å². The first-order valence-corrected chi connectivity index (χ1v) is 6.41. The minimum atomic E-state index is -0.257. The molecule has 0 aliphatic carbocycles. The van der Waals surface area contributed by atoms with Gasteiger partial charge in [-0.25, -0.2) is 4.39 Å². The standard InChI is InChI=1S/C15H15ClFNO/c1-11-5-6-15(14(16)9-11)19-8-7-18-13-4-2-3-12(17)10-13/h2-6,9-10,18H,7-8H2,1H3. The van der Waals surface area contributed by atoms with Crippen molar-refractivity contribution in [2.75, 3.05) is 18.5 Å². The molecule has 0 fully saturated rings. The van der Waals surface area contributed by atoms with Gasteiger partial charge in [0, 0.05) is 12.2 Å². The van der Waals surface area contributed by atoms with Gasteiger partial charge in [0.1, 0.15) is 18.2 Å². The van der Waals surface area contributed by atoms with Crippen LogP contribution in [0.1, 0.15) is 5.56 Å². The molecule has 0 atom stereocenters. The smallest absolute Gasteiger partial charge is 0.137 e. The Bertz CT molecular complexity index is 560. The molecule has 0 aliphatic heterocycles. The van der Waals surface area contributed by atoms with Crippen LogP contribution in [-0.4, -0.2) is 13.2 Å². The molecule has 1 N–H and O–H groups in total. The van der Waals surface area contributed by atoms with E-state index in [0.717, 1.165) is 11.3 Å². The third-order valence-corrected chi connectivity index (χ3v) is 2.90. The summed E-state index contributed by atoms with van der Waals surface area (Å²) in [7, 11) is 0. The van der Waals surface area contributed by atoms with Crippen LogP contribution in [0.3, 0.4) is 0 Å². The summed E-state index contributed by atoms with van der Waals surface area (Å²) in [5.74, 6) is 0.404. The molecule has 4 heteroatoms. The number of hydrogen-bond donors (Lipinski definition) is 1. The first kappa shape index (κ1) is 13.7. The fourth-order valence-electron chi connectivity index (χ4n) is 1.68. The molecular formula is C15H15ClFNO. The summed E-state index contributed by atoms with van der Waals surface area (Å²) in [6, 6.07) is 12.0. The molecule has 0 bridgehead atoms. The summed E-state index contributed by atoms with van der Waals surface area (Å²) in [5, 5.41) is 3.68. The van der Waals surface area contributed by atoms with Gasteiger partial charge < -0.3 is 10.1 Å². The number of hydrogen-bond acceptors (Lipinski definition) is 2. The normalized spacial score (nSPS) is 10.3. The molecule has 2 aromatic carbocycles. The zero-order valence-corrected chi connectivity index (χ0v) is 11.4. The van der Waals surface area contributed by atoms with Crippen molar-refractivity contribution in [3.63, 3.8) is 0 Å². The van der Waals surface area contributed by atoms with Crippen LogP contribution in [0.25, 0.3) is 0 Å². The van der Waals surface area contributed by atoms with Gasteiger partial charge >= 0.3 is 0 Å². The van der Waals surface area contributed by atoms with Crippen LogP contribution in [0, 0.1) is 12.7 Å². The van der Waals surface area contributed by atoms with Gasteiger partial charge in [0.05, 0.1) is 5.02 Å². The Kier molecular flexibility index (Phi) is 4.63. The highest BCUT2D eigenvalue weighted by atomic mass is 35.5. The molecule has 2 nitrogen and oxygen atoms in total. The summed E-state index contributed by atoms with van der Waals surface area (Å²) in [5.41, 5.74) is 1.83. The highest BCUT2D eigenvalue weighted by Crippen LogP contribution is 2.24. The average Bonchev–Trinajstić information content (AvgIpc) is 2.37. The van der Waals surface area contributed by atoms with Crippen molar-refractivity contribution >= 4 is 17.3 Å². The van der Waals surface area contributed by atoms with Crippen LogP contribution in [0.2, 0.25) is 5.02 Å². The molecule has 0 radical (unpaired) electrons. The van der Waals surface area contributed by atoms with E-state index in [4.69, 9.17) is 16.3 Å². The Hall–Kier alpha value is -1.74. The third kappa shape index (κ3) is 4.14. The van der Waals surface area contributed by atoms with Crippen molar-refractivity contribution in [1.29, 1.82) is 0 Å². The van der Waals surface area contributed by atoms with Gasteiger partial charge in [-0.1, -0.05) is 23.7 Å². The second kappa shape index (κ2) is 6.43. The maximum absolute atomic E-state index is 12.9. The molecule has 19 heavy (non-hydrogen) atoms. The minimum absolute atomic E-state index is 0.257. The van der Waals surface area contributed by atoms with Crippen LogP contribution in [0.15, 0.2) is 42.5 Å². The highest BCUT2D eigenvalue weighted by molar-refractivity contribution is 6.32. The van der Waals surface area contributed by atoms with E-state index in [1.807, 2.05) is 31.2 Å². The Labute approximate surface area is 117 Å². The largest absolute Gasteiger partial charge is 0.490 e. The zero-order valence-electron chi connectivity index (χ0n) is 10.6. The van der Waals surface area contributed by atoms with Gasteiger partial charge in [-0.3, -0.25) is 0 Å². The van der Waals surface area contributed by atoms with Crippen LogP contribution in [0.5, 0.6) is 5.75 Å². The molecule has 0 unspecified atom stereocenters. The fraction of sp³-hybridized carbons (Fsp3) is 0.200. The van der Waals surface area contributed by atoms with E-state index in [2.05, 4.69) is 5.32 Å². The minimum Gasteiger partial charge on any atom is -0.490 e. The van der Waals surface area contributed by atoms with Crippen LogP contribution < -0.4 is 10.1 Å². The summed E-state index contributed by atoms with van der Waals surface area (Å²) in [6.45, 7) is 3.01. The average molecular weight is 280 g/mol. The molecule has 100 valence electrons. The number of halogens is 2. The van der Waals surface area contributed by atoms with Crippen molar-refractivity contribution in [2.24, 2.45) is 0 Å². The molecule has 2 rings (SSSR count). The van der Waals surface area contributed by atoms with Gasteiger partial charge in [-0.15, -0.1) is 0 Å². The molecule has 0 saturated heterocycles. The summed E-state index contributed by atoms with van der Waals surface area (Å²) in [4.78, 5) is 0. The summed E-state index contributed by atoms with van der Waals surface area (Å²) in [6.07, 6.45) is 0. The molecule has 0 heterocycles. The predicted molar refractivity (Wildman–Crippen MR) is 76.6 cm³/mol. The van der Waals surface area contributed by atoms with E-state index >= 15 is 0 Å². The maximum atomic E-state index is 12.9. The number of aryl methyl sites for hydroxylation is 1. The number of ether oxygens (including phenoxy) is 1. The second-order valence-corrected chi connectivity index (χ2v) is 4.63. The Morgan fingerprint density at radius 1 is 1.21 bits per heavy atom. The van der Waals surface area contributed by atoms with E-state index in [-0.39, 0.29) is 5.82 Å². The molecule has 2 aromatic rings. The lowest BCUT2D eigenvalue weighted by Crippen LogP contribution is -2.11. The fourth-order valence-corrected chi connectivity index (χ4v) is 1.97. The van der Waals surface area contributed by atoms with Crippen molar-refractivity contribution in [3.8, 4) is 5.75 Å². The SMILES string of the molecule is Cc1ccc(OCCNc2cccc(F)c2)c(Cl)c1. The molecule has 0 saturated carbocycles. The lowest BCUT2D eigenvalue weighted by molar-refractivity contribution is 0.333. The molecule has 0 amide bonds. The van der Waals surface area contributed by atoms with Crippen molar-refractivity contribution in [2.45, 2.75) is 6.92 Å². The predicted octanol–water partition coefficient (Wildman–Crippen LogP) is 4.28. The van der Waals surface area contributed by atoms with Crippen molar-refractivity contribution in [1.82, 2.24) is 0 Å². The number of anilines is 1.